The summed E-state index contributed by atoms with van der Waals surface area (Å²) in [6.07, 6.45) is -0.0678. The van der Waals surface area contributed by atoms with Gasteiger partial charge in [0.25, 0.3) is 0 Å². The maximum absolute atomic E-state index is 13.4. The van der Waals surface area contributed by atoms with Crippen molar-refractivity contribution in [3.63, 3.8) is 0 Å². The Morgan fingerprint density at radius 2 is 2.11 bits per heavy atom. The Morgan fingerprint density at radius 3 is 2.74 bits per heavy atom. The van der Waals surface area contributed by atoms with E-state index in [-0.39, 0.29) is 18.1 Å². The zero-order valence-electron chi connectivity index (χ0n) is 10.1. The maximum Gasteiger partial charge on any atom is 0.230 e. The van der Waals surface area contributed by atoms with Crippen molar-refractivity contribution in [2.24, 2.45) is 0 Å². The summed E-state index contributed by atoms with van der Waals surface area (Å²) in [7, 11) is 0. The van der Waals surface area contributed by atoms with E-state index in [0.29, 0.717) is 16.4 Å². The molecule has 1 aromatic carbocycles. The number of anilines is 1. The quantitative estimate of drug-likeness (QED) is 0.875. The highest BCUT2D eigenvalue weighted by Crippen LogP contribution is 2.16. The number of hydrogen-bond acceptors (Lipinski definition) is 4. The van der Waals surface area contributed by atoms with Crippen LogP contribution in [0.1, 0.15) is 23.0 Å². The summed E-state index contributed by atoms with van der Waals surface area (Å²) in [5, 5.41) is 4.45. The zero-order valence-corrected chi connectivity index (χ0v) is 11.0. The molecule has 0 radical (unpaired) electrons. The lowest BCUT2D eigenvalue weighted by Gasteiger charge is -2.02. The van der Waals surface area contributed by atoms with E-state index in [9.17, 15) is 14.0 Å². The number of carbonyl (C=O) groups is 2. The lowest BCUT2D eigenvalue weighted by atomic mass is 10.1. The number of carbonyl (C=O) groups excluding carboxylic acids is 2. The lowest BCUT2D eigenvalue weighted by molar-refractivity contribution is -0.115. The molecule has 6 heteroatoms. The number of nitrogens with zero attached hydrogens (tertiary/aromatic N) is 1. The van der Waals surface area contributed by atoms with Crippen molar-refractivity contribution < 1.29 is 14.0 Å². The molecule has 2 aromatic rings. The summed E-state index contributed by atoms with van der Waals surface area (Å²) in [6.45, 7) is 1.40. The number of nitrogens with one attached hydrogen (secondary N) is 1. The predicted molar refractivity (Wildman–Crippen MR) is 70.9 cm³/mol. The molecule has 0 saturated carbocycles. The van der Waals surface area contributed by atoms with Crippen LogP contribution in [0, 0.1) is 5.82 Å². The molecule has 0 aliphatic rings. The molecule has 0 aliphatic carbocycles. The fraction of sp³-hybridized carbons (Fsp3) is 0.154. The van der Waals surface area contributed by atoms with E-state index in [0.717, 1.165) is 11.3 Å². The molecule has 0 aliphatic heterocycles. The van der Waals surface area contributed by atoms with Gasteiger partial charge in [-0.15, -0.1) is 11.3 Å². The van der Waals surface area contributed by atoms with Crippen molar-refractivity contribution in [1.82, 2.24) is 4.98 Å². The number of hydrogen-bond donors (Lipinski definition) is 1. The fourth-order valence-corrected chi connectivity index (χ4v) is 2.24. The van der Waals surface area contributed by atoms with Crippen molar-refractivity contribution in [3.05, 3.63) is 46.7 Å². The van der Waals surface area contributed by atoms with Crippen molar-refractivity contribution in [2.45, 2.75) is 13.3 Å². The van der Waals surface area contributed by atoms with Gasteiger partial charge in [0.15, 0.2) is 10.9 Å². The molecule has 0 unspecified atom stereocenters. The first-order valence-corrected chi connectivity index (χ1v) is 6.44. The molecule has 1 aromatic heterocycles. The van der Waals surface area contributed by atoms with E-state index in [4.69, 9.17) is 0 Å². The standard InChI is InChI=1S/C13H11FN2O2S/c1-8(17)11-7-19-13(15-11)16-12(18)6-9-4-2-3-5-10(9)14/h2-5,7H,6H2,1H3,(H,15,16,18). The SMILES string of the molecule is CC(=O)c1csc(NC(=O)Cc2ccccc2F)n1. The summed E-state index contributed by atoms with van der Waals surface area (Å²) >= 11 is 1.16. The third-order valence-corrected chi connectivity index (χ3v) is 3.18. The van der Waals surface area contributed by atoms with Gasteiger partial charge in [-0.2, -0.15) is 0 Å². The fourth-order valence-electron chi connectivity index (χ4n) is 1.47. The van der Waals surface area contributed by atoms with Crippen LogP contribution in [0.2, 0.25) is 0 Å². The molecule has 0 spiro atoms. The molecule has 2 rings (SSSR count). The second-order valence-corrected chi connectivity index (χ2v) is 4.77. The monoisotopic (exact) mass is 278 g/mol. The second-order valence-electron chi connectivity index (χ2n) is 3.91. The lowest BCUT2D eigenvalue weighted by Crippen LogP contribution is -2.15. The second kappa shape index (κ2) is 5.71. The Bertz CT molecular complexity index is 625. The molecule has 0 saturated heterocycles. The molecule has 4 nitrogen and oxygen atoms in total. The Kier molecular flexibility index (Phi) is 4.01. The van der Waals surface area contributed by atoms with Crippen LogP contribution in [0.25, 0.3) is 0 Å². The molecule has 0 atom stereocenters. The summed E-state index contributed by atoms with van der Waals surface area (Å²) in [6, 6.07) is 6.09. The highest BCUT2D eigenvalue weighted by molar-refractivity contribution is 7.14. The van der Waals surface area contributed by atoms with Gasteiger partial charge in [0.1, 0.15) is 11.5 Å². The molecule has 0 bridgehead atoms. The number of benzene rings is 1. The van der Waals surface area contributed by atoms with Crippen LogP contribution in [-0.4, -0.2) is 16.7 Å². The number of halogens is 1. The maximum atomic E-state index is 13.4. The number of ketones is 1. The zero-order chi connectivity index (χ0) is 13.8. The van der Waals surface area contributed by atoms with Crippen molar-refractivity contribution in [2.75, 3.05) is 5.32 Å². The van der Waals surface area contributed by atoms with Gasteiger partial charge in [-0.05, 0) is 11.6 Å². The minimum absolute atomic E-state index is 0.0678. The Morgan fingerprint density at radius 1 is 1.37 bits per heavy atom. The van der Waals surface area contributed by atoms with Crippen molar-refractivity contribution >= 4 is 28.2 Å². The van der Waals surface area contributed by atoms with Gasteiger partial charge in [0, 0.05) is 12.3 Å². The number of rotatable bonds is 4. The van der Waals surface area contributed by atoms with Crippen LogP contribution in [0.5, 0.6) is 0 Å². The van der Waals surface area contributed by atoms with Gasteiger partial charge in [0.2, 0.25) is 5.91 Å². The van der Waals surface area contributed by atoms with Crippen LogP contribution in [0.4, 0.5) is 9.52 Å². The first kappa shape index (κ1) is 13.4. The molecule has 0 fully saturated rings. The molecule has 98 valence electrons. The van der Waals surface area contributed by atoms with Crippen LogP contribution >= 0.6 is 11.3 Å². The predicted octanol–water partition coefficient (Wildman–Crippen LogP) is 2.67. The van der Waals surface area contributed by atoms with Crippen LogP contribution in [0.3, 0.4) is 0 Å². The van der Waals surface area contributed by atoms with Gasteiger partial charge >= 0.3 is 0 Å². The average molecular weight is 278 g/mol. The summed E-state index contributed by atoms with van der Waals surface area (Å²) < 4.78 is 13.4. The number of thiazole rings is 1. The smallest absolute Gasteiger partial charge is 0.230 e. The molecule has 1 amide bonds. The third kappa shape index (κ3) is 3.45. The average Bonchev–Trinajstić information content (AvgIpc) is 2.80. The minimum atomic E-state index is -0.416. The Hall–Kier alpha value is -2.08. The van der Waals surface area contributed by atoms with Gasteiger partial charge in [0.05, 0.1) is 6.42 Å². The third-order valence-electron chi connectivity index (χ3n) is 2.42. The molecule has 1 heterocycles. The van der Waals surface area contributed by atoms with E-state index >= 15 is 0 Å². The van der Waals surface area contributed by atoms with E-state index in [1.54, 1.807) is 23.6 Å². The Balaban J connectivity index is 2.01. The highest BCUT2D eigenvalue weighted by Gasteiger charge is 2.11. The van der Waals surface area contributed by atoms with Crippen molar-refractivity contribution in [3.8, 4) is 0 Å². The highest BCUT2D eigenvalue weighted by atomic mass is 32.1. The molecule has 19 heavy (non-hydrogen) atoms. The summed E-state index contributed by atoms with van der Waals surface area (Å²) in [5.74, 6) is -0.943. The van der Waals surface area contributed by atoms with Gasteiger partial charge in [-0.25, -0.2) is 9.37 Å². The summed E-state index contributed by atoms with van der Waals surface area (Å²) in [5.41, 5.74) is 0.634. The normalized spacial score (nSPS) is 10.2. The van der Waals surface area contributed by atoms with E-state index < -0.39 is 5.82 Å². The van der Waals surface area contributed by atoms with E-state index in [2.05, 4.69) is 10.3 Å². The number of amides is 1. The molecule has 1 N–H and O–H groups in total. The van der Waals surface area contributed by atoms with Crippen LogP contribution in [0.15, 0.2) is 29.6 Å². The van der Waals surface area contributed by atoms with Gasteiger partial charge < -0.3 is 5.32 Å². The topological polar surface area (TPSA) is 59.1 Å². The Labute approximate surface area is 113 Å². The first-order chi connectivity index (χ1) is 9.06. The minimum Gasteiger partial charge on any atom is -0.302 e. The summed E-state index contributed by atoms with van der Waals surface area (Å²) in [4.78, 5) is 26.7. The molecular formula is C13H11FN2O2S. The largest absolute Gasteiger partial charge is 0.302 e. The van der Waals surface area contributed by atoms with Crippen molar-refractivity contribution in [1.29, 1.82) is 0 Å². The number of aromatic nitrogens is 1. The van der Waals surface area contributed by atoms with E-state index in [1.807, 2.05) is 0 Å². The first-order valence-electron chi connectivity index (χ1n) is 5.56. The molecular weight excluding hydrogens is 267 g/mol. The van der Waals surface area contributed by atoms with Crippen LogP contribution < -0.4 is 5.32 Å². The van der Waals surface area contributed by atoms with Gasteiger partial charge in [-0.3, -0.25) is 9.59 Å². The van der Waals surface area contributed by atoms with Crippen LogP contribution in [-0.2, 0) is 11.2 Å². The van der Waals surface area contributed by atoms with E-state index in [1.165, 1.54) is 13.0 Å². The number of Topliss-reactive ketones (excluding diaryl/α,β-unsaturated/α-hetero) is 1. The van der Waals surface area contributed by atoms with Gasteiger partial charge in [-0.1, -0.05) is 18.2 Å².